The summed E-state index contributed by atoms with van der Waals surface area (Å²) in [6.45, 7) is 5.15. The number of hydrogen-bond acceptors (Lipinski definition) is 3. The molecule has 21 heavy (non-hydrogen) atoms. The van der Waals surface area contributed by atoms with Gasteiger partial charge in [-0.25, -0.2) is 0 Å². The summed E-state index contributed by atoms with van der Waals surface area (Å²) in [5.74, 6) is 1.79. The lowest BCUT2D eigenvalue weighted by atomic mass is 9.92. The number of rotatable bonds is 6. The van der Waals surface area contributed by atoms with Gasteiger partial charge in [0.2, 0.25) is 5.91 Å². The maximum Gasteiger partial charge on any atom is 0.233 e. The summed E-state index contributed by atoms with van der Waals surface area (Å²) >= 11 is 0. The Morgan fingerprint density at radius 3 is 2.52 bits per heavy atom. The van der Waals surface area contributed by atoms with Gasteiger partial charge in [0.15, 0.2) is 0 Å². The Bertz CT molecular complexity index is 348. The van der Waals surface area contributed by atoms with Gasteiger partial charge in [0.1, 0.15) is 0 Å². The van der Waals surface area contributed by atoms with Crippen molar-refractivity contribution in [1.82, 2.24) is 15.1 Å². The van der Waals surface area contributed by atoms with E-state index in [0.29, 0.717) is 6.54 Å². The van der Waals surface area contributed by atoms with E-state index in [4.69, 9.17) is 0 Å². The van der Waals surface area contributed by atoms with Crippen LogP contribution >= 0.6 is 0 Å². The minimum atomic E-state index is 0.135. The van der Waals surface area contributed by atoms with Crippen molar-refractivity contribution < 1.29 is 4.79 Å². The van der Waals surface area contributed by atoms with E-state index < -0.39 is 0 Å². The zero-order valence-electron chi connectivity index (χ0n) is 13.7. The molecule has 2 aliphatic rings. The predicted octanol–water partition coefficient (Wildman–Crippen LogP) is 1.73. The predicted molar refractivity (Wildman–Crippen MR) is 87.2 cm³/mol. The third-order valence-corrected chi connectivity index (χ3v) is 4.87. The minimum Gasteiger partial charge on any atom is -0.358 e. The Morgan fingerprint density at radius 2 is 1.90 bits per heavy atom. The normalized spacial score (nSPS) is 24.4. The first-order valence-corrected chi connectivity index (χ1v) is 8.44. The summed E-state index contributed by atoms with van der Waals surface area (Å²) < 4.78 is 0. The molecule has 1 amide bonds. The van der Waals surface area contributed by atoms with Crippen molar-refractivity contribution in [1.29, 1.82) is 0 Å². The molecule has 0 bridgehead atoms. The van der Waals surface area contributed by atoms with Gasteiger partial charge in [-0.1, -0.05) is 12.2 Å². The third kappa shape index (κ3) is 5.79. The Labute approximate surface area is 129 Å². The van der Waals surface area contributed by atoms with E-state index in [2.05, 4.69) is 34.3 Å². The van der Waals surface area contributed by atoms with Gasteiger partial charge in [0.05, 0.1) is 6.54 Å². The quantitative estimate of drug-likeness (QED) is 0.758. The topological polar surface area (TPSA) is 35.6 Å². The molecule has 0 saturated carbocycles. The van der Waals surface area contributed by atoms with Crippen molar-refractivity contribution in [3.63, 3.8) is 0 Å². The zero-order chi connectivity index (χ0) is 15.1. The van der Waals surface area contributed by atoms with Crippen molar-refractivity contribution in [2.45, 2.75) is 32.1 Å². The molecule has 0 aromatic rings. The van der Waals surface area contributed by atoms with Crippen LogP contribution in [0.2, 0.25) is 0 Å². The second-order valence-corrected chi connectivity index (χ2v) is 6.76. The highest BCUT2D eigenvalue weighted by atomic mass is 16.1. The lowest BCUT2D eigenvalue weighted by molar-refractivity contribution is -0.122. The number of carbonyl (C=O) groups excluding carboxylic acids is 1. The van der Waals surface area contributed by atoms with Crippen molar-refractivity contribution in [2.75, 3.05) is 46.8 Å². The van der Waals surface area contributed by atoms with Crippen LogP contribution in [0.15, 0.2) is 12.2 Å². The third-order valence-electron chi connectivity index (χ3n) is 4.87. The molecule has 2 rings (SSSR count). The maximum absolute atomic E-state index is 11.4. The van der Waals surface area contributed by atoms with Gasteiger partial charge in [-0.05, 0) is 64.1 Å². The molecule has 0 aromatic heterocycles. The molecule has 0 spiro atoms. The smallest absolute Gasteiger partial charge is 0.233 e. The molecule has 1 aliphatic heterocycles. The van der Waals surface area contributed by atoms with Crippen molar-refractivity contribution in [3.8, 4) is 0 Å². The molecule has 1 saturated heterocycles. The summed E-state index contributed by atoms with van der Waals surface area (Å²) in [5.41, 5.74) is 0. The highest BCUT2D eigenvalue weighted by Gasteiger charge is 2.22. The summed E-state index contributed by atoms with van der Waals surface area (Å²) in [7, 11) is 3.99. The number of nitrogens with one attached hydrogen (secondary N) is 1. The van der Waals surface area contributed by atoms with Gasteiger partial charge >= 0.3 is 0 Å². The monoisotopic (exact) mass is 293 g/mol. The highest BCUT2D eigenvalue weighted by Crippen LogP contribution is 2.21. The van der Waals surface area contributed by atoms with Crippen molar-refractivity contribution in [3.05, 3.63) is 12.2 Å². The van der Waals surface area contributed by atoms with Gasteiger partial charge in [-0.15, -0.1) is 0 Å². The van der Waals surface area contributed by atoms with E-state index in [1.165, 1.54) is 45.2 Å². The van der Waals surface area contributed by atoms with Gasteiger partial charge in [0.25, 0.3) is 0 Å². The van der Waals surface area contributed by atoms with Crippen LogP contribution in [0.5, 0.6) is 0 Å². The number of likely N-dealkylation sites (tertiary alicyclic amines) is 1. The number of amides is 1. The fourth-order valence-electron chi connectivity index (χ4n) is 3.59. The van der Waals surface area contributed by atoms with Crippen molar-refractivity contribution >= 4 is 5.91 Å². The number of hydrogen-bond donors (Lipinski definition) is 1. The number of allylic oxidation sites excluding steroid dienone is 2. The van der Waals surface area contributed by atoms with E-state index in [1.807, 2.05) is 0 Å². The lowest BCUT2D eigenvalue weighted by Crippen LogP contribution is -2.42. The number of carbonyl (C=O) groups is 1. The van der Waals surface area contributed by atoms with E-state index in [9.17, 15) is 4.79 Å². The molecular weight excluding hydrogens is 262 g/mol. The number of nitrogens with zero attached hydrogens (tertiary/aromatic N) is 2. The number of likely N-dealkylation sites (N-methyl/N-ethyl adjacent to an activating group) is 1. The molecule has 1 fully saturated rings. The fourth-order valence-corrected chi connectivity index (χ4v) is 3.59. The van der Waals surface area contributed by atoms with Crippen LogP contribution in [0.4, 0.5) is 0 Å². The Balaban J connectivity index is 1.63. The van der Waals surface area contributed by atoms with Crippen LogP contribution in [-0.4, -0.2) is 62.5 Å². The molecular formula is C17H31N3O. The van der Waals surface area contributed by atoms with Crippen LogP contribution in [-0.2, 0) is 4.79 Å². The van der Waals surface area contributed by atoms with Crippen LogP contribution in [0.3, 0.4) is 0 Å². The summed E-state index contributed by atoms with van der Waals surface area (Å²) in [4.78, 5) is 16.2. The molecule has 4 nitrogen and oxygen atoms in total. The minimum absolute atomic E-state index is 0.135. The largest absolute Gasteiger partial charge is 0.358 e. The fraction of sp³-hybridized carbons (Fsp3) is 0.824. The van der Waals surface area contributed by atoms with Crippen LogP contribution < -0.4 is 5.32 Å². The second-order valence-electron chi connectivity index (χ2n) is 6.76. The SMILES string of the molecule is CNC(=O)CN1CCC(CN(C)C[C@@H]2CC=CCC2)CC1. The highest BCUT2D eigenvalue weighted by molar-refractivity contribution is 5.77. The van der Waals surface area contributed by atoms with Gasteiger partial charge < -0.3 is 10.2 Å². The number of piperidine rings is 1. The summed E-state index contributed by atoms with van der Waals surface area (Å²) in [6.07, 6.45) is 11.0. The maximum atomic E-state index is 11.4. The Hall–Kier alpha value is -0.870. The Kier molecular flexibility index (Phi) is 6.71. The molecule has 1 N–H and O–H groups in total. The standard InChI is InChI=1S/C17H31N3O/c1-18-17(21)14-20-10-8-16(9-11-20)13-19(2)12-15-6-4-3-5-7-15/h3-4,15-16H,5-14H2,1-2H3,(H,18,21)/t15-/m1/s1. The van der Waals surface area contributed by atoms with E-state index in [-0.39, 0.29) is 5.91 Å². The van der Waals surface area contributed by atoms with E-state index >= 15 is 0 Å². The molecule has 1 atom stereocenters. The van der Waals surface area contributed by atoms with E-state index in [1.54, 1.807) is 7.05 Å². The first-order chi connectivity index (χ1) is 10.2. The van der Waals surface area contributed by atoms with E-state index in [0.717, 1.165) is 24.9 Å². The van der Waals surface area contributed by atoms with Crippen LogP contribution in [0.1, 0.15) is 32.1 Å². The molecule has 4 heteroatoms. The molecule has 1 heterocycles. The summed E-state index contributed by atoms with van der Waals surface area (Å²) in [5, 5.41) is 2.71. The Morgan fingerprint density at radius 1 is 1.19 bits per heavy atom. The molecule has 0 unspecified atom stereocenters. The van der Waals surface area contributed by atoms with Crippen LogP contribution in [0.25, 0.3) is 0 Å². The lowest BCUT2D eigenvalue weighted by Gasteiger charge is -2.34. The average molecular weight is 293 g/mol. The molecule has 0 aromatic carbocycles. The van der Waals surface area contributed by atoms with Gasteiger partial charge in [-0.2, -0.15) is 0 Å². The van der Waals surface area contributed by atoms with Gasteiger partial charge in [0, 0.05) is 20.1 Å². The molecule has 0 radical (unpaired) electrons. The second kappa shape index (κ2) is 8.54. The first kappa shape index (κ1) is 16.5. The van der Waals surface area contributed by atoms with Gasteiger partial charge in [-0.3, -0.25) is 9.69 Å². The van der Waals surface area contributed by atoms with Crippen LogP contribution in [0, 0.1) is 11.8 Å². The zero-order valence-corrected chi connectivity index (χ0v) is 13.7. The molecule has 1 aliphatic carbocycles. The summed E-state index contributed by atoms with van der Waals surface area (Å²) in [6, 6.07) is 0. The molecule has 120 valence electrons. The first-order valence-electron chi connectivity index (χ1n) is 8.44. The average Bonchev–Trinajstić information content (AvgIpc) is 2.50. The van der Waals surface area contributed by atoms with Crippen molar-refractivity contribution in [2.24, 2.45) is 11.8 Å².